The van der Waals surface area contributed by atoms with Crippen molar-refractivity contribution in [3.8, 4) is 0 Å². The summed E-state index contributed by atoms with van der Waals surface area (Å²) in [5.74, 6) is -0.336. The normalized spacial score (nSPS) is 11.3. The Morgan fingerprint density at radius 3 is 2.50 bits per heavy atom. The highest BCUT2D eigenvalue weighted by molar-refractivity contribution is 5.81. The van der Waals surface area contributed by atoms with E-state index in [1.807, 2.05) is 11.9 Å². The fourth-order valence-corrected chi connectivity index (χ4v) is 1.11. The summed E-state index contributed by atoms with van der Waals surface area (Å²) in [6, 6.07) is 0. The van der Waals surface area contributed by atoms with Gasteiger partial charge in [0.2, 0.25) is 0 Å². The van der Waals surface area contributed by atoms with Crippen LogP contribution in [0.25, 0.3) is 0 Å². The number of nitrogens with zero attached hydrogens (tertiary/aromatic N) is 1. The van der Waals surface area contributed by atoms with E-state index in [9.17, 15) is 4.79 Å². The molecule has 0 aliphatic rings. The number of carbonyl (C=O) groups is 1. The highest BCUT2D eigenvalue weighted by atomic mass is 16.5. The van der Waals surface area contributed by atoms with Crippen LogP contribution < -0.4 is 5.73 Å². The summed E-state index contributed by atoms with van der Waals surface area (Å²) < 4.78 is 15.0. The van der Waals surface area contributed by atoms with Gasteiger partial charge < -0.3 is 24.8 Å². The maximum absolute atomic E-state index is 10.8. The molecule has 6 heteroatoms. The van der Waals surface area contributed by atoms with Gasteiger partial charge in [-0.05, 0) is 7.05 Å². The molecule has 6 nitrogen and oxygen atoms in total. The van der Waals surface area contributed by atoms with E-state index in [0.717, 1.165) is 6.54 Å². The lowest BCUT2D eigenvalue weighted by molar-refractivity contribution is -0.134. The molecular weight excluding hydrogens is 236 g/mol. The topological polar surface area (TPSA) is 74.0 Å². The highest BCUT2D eigenvalue weighted by Gasteiger charge is 1.97. The number of nitrogens with two attached hydrogens (primary N) is 1. The monoisotopic (exact) mass is 260 g/mol. The number of esters is 1. The minimum absolute atomic E-state index is 0.336. The van der Waals surface area contributed by atoms with Gasteiger partial charge >= 0.3 is 5.97 Å². The zero-order valence-corrected chi connectivity index (χ0v) is 11.3. The van der Waals surface area contributed by atoms with Gasteiger partial charge in [-0.3, -0.25) is 0 Å². The van der Waals surface area contributed by atoms with Crippen molar-refractivity contribution in [2.75, 3.05) is 60.2 Å². The number of carbonyl (C=O) groups excluding carboxylic acids is 1. The van der Waals surface area contributed by atoms with E-state index < -0.39 is 0 Å². The van der Waals surface area contributed by atoms with Crippen molar-refractivity contribution in [2.45, 2.75) is 0 Å². The molecule has 2 N–H and O–H groups in total. The summed E-state index contributed by atoms with van der Waals surface area (Å²) in [6.45, 7) is 4.37. The van der Waals surface area contributed by atoms with E-state index in [1.54, 1.807) is 6.08 Å². The van der Waals surface area contributed by atoms with Gasteiger partial charge in [0.1, 0.15) is 0 Å². The van der Waals surface area contributed by atoms with Gasteiger partial charge in [0.05, 0.1) is 33.5 Å². The first-order valence-corrected chi connectivity index (χ1v) is 5.99. The average molecular weight is 260 g/mol. The van der Waals surface area contributed by atoms with E-state index in [2.05, 4.69) is 4.74 Å². The van der Waals surface area contributed by atoms with Crippen LogP contribution in [-0.4, -0.2) is 71.1 Å². The molecule has 0 rings (SSSR count). The Balaban J connectivity index is 3.34. The van der Waals surface area contributed by atoms with Crippen LogP contribution in [0.1, 0.15) is 0 Å². The molecule has 0 heterocycles. The highest BCUT2D eigenvalue weighted by Crippen LogP contribution is 1.87. The number of likely N-dealkylation sites (N-methyl/N-ethyl adjacent to an activating group) is 1. The third-order valence-electron chi connectivity index (χ3n) is 2.12. The molecule has 0 aliphatic carbocycles. The van der Waals surface area contributed by atoms with Crippen LogP contribution in [0.2, 0.25) is 0 Å². The lowest BCUT2D eigenvalue weighted by Crippen LogP contribution is -2.24. The number of hydrogen-bond donors (Lipinski definition) is 1. The molecule has 0 radical (unpaired) electrons. The van der Waals surface area contributed by atoms with Gasteiger partial charge in [0, 0.05) is 25.7 Å². The second-order valence-corrected chi connectivity index (χ2v) is 3.70. The molecule has 0 saturated carbocycles. The van der Waals surface area contributed by atoms with Crippen molar-refractivity contribution in [1.29, 1.82) is 0 Å². The first kappa shape index (κ1) is 17.1. The Kier molecular flexibility index (Phi) is 11.8. The summed E-state index contributed by atoms with van der Waals surface area (Å²) in [6.07, 6.45) is 3.17. The minimum Gasteiger partial charge on any atom is -0.466 e. The van der Waals surface area contributed by atoms with E-state index in [0.29, 0.717) is 39.5 Å². The number of hydrogen-bond acceptors (Lipinski definition) is 6. The Bertz CT molecular complexity index is 234. The fourth-order valence-electron chi connectivity index (χ4n) is 1.11. The minimum atomic E-state index is -0.336. The zero-order chi connectivity index (χ0) is 13.6. The standard InChI is InChI=1S/C12H24N2O4/c1-14(6-3-4-12(15)16-2)7-9-18-11-10-17-8-5-13/h3-4H,5-11,13H2,1-2H3/b4-3+. The van der Waals surface area contributed by atoms with Crippen molar-refractivity contribution in [3.05, 3.63) is 12.2 Å². The van der Waals surface area contributed by atoms with Gasteiger partial charge in [0.15, 0.2) is 0 Å². The third-order valence-corrected chi connectivity index (χ3v) is 2.12. The number of ether oxygens (including phenoxy) is 3. The molecule has 0 aromatic carbocycles. The fraction of sp³-hybridized carbons (Fsp3) is 0.750. The van der Waals surface area contributed by atoms with Gasteiger partial charge in [-0.2, -0.15) is 0 Å². The Morgan fingerprint density at radius 2 is 1.89 bits per heavy atom. The molecule has 0 aliphatic heterocycles. The maximum atomic E-state index is 10.8. The smallest absolute Gasteiger partial charge is 0.330 e. The van der Waals surface area contributed by atoms with Crippen LogP contribution in [-0.2, 0) is 19.0 Å². The van der Waals surface area contributed by atoms with Crippen molar-refractivity contribution >= 4 is 5.97 Å². The van der Waals surface area contributed by atoms with Crippen molar-refractivity contribution in [3.63, 3.8) is 0 Å². The van der Waals surface area contributed by atoms with Crippen LogP contribution in [0.15, 0.2) is 12.2 Å². The second-order valence-electron chi connectivity index (χ2n) is 3.70. The zero-order valence-electron chi connectivity index (χ0n) is 11.3. The number of methoxy groups -OCH3 is 1. The van der Waals surface area contributed by atoms with Crippen LogP contribution >= 0.6 is 0 Å². The van der Waals surface area contributed by atoms with Crippen LogP contribution in [0.4, 0.5) is 0 Å². The molecule has 0 spiro atoms. The van der Waals surface area contributed by atoms with Crippen molar-refractivity contribution in [1.82, 2.24) is 4.90 Å². The molecular formula is C12H24N2O4. The van der Waals surface area contributed by atoms with Crippen LogP contribution in [0, 0.1) is 0 Å². The Morgan fingerprint density at radius 1 is 1.22 bits per heavy atom. The summed E-state index contributed by atoms with van der Waals surface area (Å²) in [7, 11) is 3.31. The lowest BCUT2D eigenvalue weighted by atomic mass is 10.4. The Hall–Kier alpha value is -0.950. The molecule has 0 unspecified atom stereocenters. The SMILES string of the molecule is COC(=O)/C=C/CN(C)CCOCCOCCN. The second kappa shape index (κ2) is 12.5. The summed E-state index contributed by atoms with van der Waals surface area (Å²) in [5.41, 5.74) is 5.28. The molecule has 0 aromatic rings. The van der Waals surface area contributed by atoms with Crippen LogP contribution in [0.3, 0.4) is 0 Å². The number of rotatable bonds is 11. The quantitative estimate of drug-likeness (QED) is 0.311. The predicted molar refractivity (Wildman–Crippen MR) is 69.3 cm³/mol. The largest absolute Gasteiger partial charge is 0.466 e. The maximum Gasteiger partial charge on any atom is 0.330 e. The third kappa shape index (κ3) is 11.5. The summed E-state index contributed by atoms with van der Waals surface area (Å²) >= 11 is 0. The van der Waals surface area contributed by atoms with E-state index in [4.69, 9.17) is 15.2 Å². The lowest BCUT2D eigenvalue weighted by Gasteiger charge is -2.14. The first-order valence-electron chi connectivity index (χ1n) is 5.99. The van der Waals surface area contributed by atoms with Gasteiger partial charge in [-0.25, -0.2) is 4.79 Å². The summed E-state index contributed by atoms with van der Waals surface area (Å²) in [5, 5.41) is 0. The predicted octanol–water partition coefficient (Wildman–Crippen LogP) is -0.361. The van der Waals surface area contributed by atoms with Crippen LogP contribution in [0.5, 0.6) is 0 Å². The molecule has 0 fully saturated rings. The average Bonchev–Trinajstić information content (AvgIpc) is 2.37. The molecule has 18 heavy (non-hydrogen) atoms. The molecule has 0 bridgehead atoms. The van der Waals surface area contributed by atoms with Gasteiger partial charge in [0.25, 0.3) is 0 Å². The molecule has 0 amide bonds. The van der Waals surface area contributed by atoms with Gasteiger partial charge in [-0.15, -0.1) is 0 Å². The van der Waals surface area contributed by atoms with Crippen molar-refractivity contribution < 1.29 is 19.0 Å². The van der Waals surface area contributed by atoms with Crippen molar-refractivity contribution in [2.24, 2.45) is 5.73 Å². The van der Waals surface area contributed by atoms with Gasteiger partial charge in [-0.1, -0.05) is 6.08 Å². The molecule has 0 aromatic heterocycles. The molecule has 0 atom stereocenters. The Labute approximate surface area is 109 Å². The van der Waals surface area contributed by atoms with E-state index in [-0.39, 0.29) is 5.97 Å². The first-order chi connectivity index (χ1) is 8.70. The molecule has 106 valence electrons. The molecule has 0 saturated heterocycles. The van der Waals surface area contributed by atoms with E-state index in [1.165, 1.54) is 13.2 Å². The van der Waals surface area contributed by atoms with E-state index >= 15 is 0 Å². The summed E-state index contributed by atoms with van der Waals surface area (Å²) in [4.78, 5) is 12.8.